The summed E-state index contributed by atoms with van der Waals surface area (Å²) in [6.45, 7) is 3.34. The van der Waals surface area contributed by atoms with Gasteiger partial charge >= 0.3 is 0 Å². The van der Waals surface area contributed by atoms with Gasteiger partial charge in [-0.15, -0.1) is 0 Å². The number of hydrogen-bond donors (Lipinski definition) is 3. The SMILES string of the molecule is CN1CCC(C2CCN(C(=O)[C@@H](CO)NC(=O)c3ccc4cc[nH]c4c3)CC2)CC1. The molecule has 4 rings (SSSR count). The number of aromatic nitrogens is 1. The van der Waals surface area contributed by atoms with Crippen LogP contribution in [-0.2, 0) is 4.79 Å². The maximum Gasteiger partial charge on any atom is 0.252 e. The Kier molecular flexibility index (Phi) is 6.39. The second-order valence-electron chi connectivity index (χ2n) is 8.79. The van der Waals surface area contributed by atoms with Crippen molar-refractivity contribution in [3.05, 3.63) is 36.0 Å². The average Bonchev–Trinajstić information content (AvgIpc) is 3.25. The van der Waals surface area contributed by atoms with Crippen LogP contribution in [0.1, 0.15) is 36.0 Å². The van der Waals surface area contributed by atoms with Crippen LogP contribution in [0.15, 0.2) is 30.5 Å². The van der Waals surface area contributed by atoms with Crippen LogP contribution < -0.4 is 5.32 Å². The number of hydrogen-bond acceptors (Lipinski definition) is 4. The molecule has 2 aliphatic rings. The zero-order valence-corrected chi connectivity index (χ0v) is 17.6. The quantitative estimate of drug-likeness (QED) is 0.699. The minimum absolute atomic E-state index is 0.186. The van der Waals surface area contributed by atoms with Gasteiger partial charge in [-0.3, -0.25) is 9.59 Å². The van der Waals surface area contributed by atoms with E-state index in [0.717, 1.165) is 42.8 Å². The molecule has 2 fully saturated rings. The van der Waals surface area contributed by atoms with E-state index in [2.05, 4.69) is 22.2 Å². The normalized spacial score (nSPS) is 20.4. The highest BCUT2D eigenvalue weighted by Gasteiger charge is 2.32. The summed E-state index contributed by atoms with van der Waals surface area (Å²) in [5.74, 6) is 0.904. The molecule has 0 spiro atoms. The van der Waals surface area contributed by atoms with Crippen molar-refractivity contribution in [3.8, 4) is 0 Å². The van der Waals surface area contributed by atoms with Gasteiger partial charge in [-0.05, 0) is 81.2 Å². The van der Waals surface area contributed by atoms with Crippen molar-refractivity contribution in [3.63, 3.8) is 0 Å². The van der Waals surface area contributed by atoms with E-state index in [1.165, 1.54) is 12.8 Å². The van der Waals surface area contributed by atoms with E-state index in [-0.39, 0.29) is 11.8 Å². The number of aliphatic hydroxyl groups is 1. The largest absolute Gasteiger partial charge is 0.394 e. The number of benzene rings is 1. The third-order valence-corrected chi connectivity index (χ3v) is 6.88. The monoisotopic (exact) mass is 412 g/mol. The van der Waals surface area contributed by atoms with Crippen LogP contribution in [0.25, 0.3) is 10.9 Å². The zero-order chi connectivity index (χ0) is 21.1. The first-order chi connectivity index (χ1) is 14.5. The summed E-state index contributed by atoms with van der Waals surface area (Å²) in [5, 5.41) is 13.5. The van der Waals surface area contributed by atoms with E-state index < -0.39 is 12.6 Å². The first-order valence-electron chi connectivity index (χ1n) is 11.0. The number of piperidine rings is 2. The molecular formula is C23H32N4O3. The standard InChI is InChI=1S/C23H32N4O3/c1-26-10-5-16(6-11-26)17-7-12-27(13-8-17)23(30)21(15-28)25-22(29)19-3-2-18-4-9-24-20(18)14-19/h2-4,9,14,16-17,21,24,28H,5-8,10-13,15H2,1H3,(H,25,29)/t21-/m1/s1. The van der Waals surface area contributed by atoms with Gasteiger partial charge in [0.15, 0.2) is 0 Å². The first kappa shape index (κ1) is 20.9. The van der Waals surface area contributed by atoms with Gasteiger partial charge in [-0.1, -0.05) is 6.07 Å². The van der Waals surface area contributed by atoms with Crippen molar-refractivity contribution in [2.75, 3.05) is 39.8 Å². The minimum Gasteiger partial charge on any atom is -0.394 e. The molecule has 0 aliphatic carbocycles. The fourth-order valence-electron chi connectivity index (χ4n) is 4.93. The summed E-state index contributed by atoms with van der Waals surface area (Å²) in [6, 6.07) is 6.39. The highest BCUT2D eigenvalue weighted by Crippen LogP contribution is 2.32. The van der Waals surface area contributed by atoms with Crippen molar-refractivity contribution in [2.24, 2.45) is 11.8 Å². The van der Waals surface area contributed by atoms with Crippen molar-refractivity contribution in [2.45, 2.75) is 31.7 Å². The Morgan fingerprint density at radius 3 is 2.43 bits per heavy atom. The Bertz CT molecular complexity index is 879. The van der Waals surface area contributed by atoms with Crippen molar-refractivity contribution >= 4 is 22.7 Å². The van der Waals surface area contributed by atoms with Crippen molar-refractivity contribution < 1.29 is 14.7 Å². The number of likely N-dealkylation sites (tertiary alicyclic amines) is 2. The Morgan fingerprint density at radius 2 is 1.77 bits per heavy atom. The molecule has 7 heteroatoms. The topological polar surface area (TPSA) is 88.7 Å². The molecule has 2 saturated heterocycles. The molecule has 0 unspecified atom stereocenters. The number of amides is 2. The Balaban J connectivity index is 1.32. The van der Waals surface area contributed by atoms with E-state index in [1.54, 1.807) is 17.0 Å². The first-order valence-corrected chi connectivity index (χ1v) is 11.0. The van der Waals surface area contributed by atoms with Gasteiger partial charge in [0.05, 0.1) is 6.61 Å². The van der Waals surface area contributed by atoms with Crippen LogP contribution in [0.5, 0.6) is 0 Å². The van der Waals surface area contributed by atoms with Crippen LogP contribution >= 0.6 is 0 Å². The molecule has 2 aromatic rings. The van der Waals surface area contributed by atoms with Crippen LogP contribution in [-0.4, -0.2) is 77.6 Å². The zero-order valence-electron chi connectivity index (χ0n) is 17.6. The van der Waals surface area contributed by atoms with E-state index in [4.69, 9.17) is 0 Å². The highest BCUT2D eigenvalue weighted by atomic mass is 16.3. The third-order valence-electron chi connectivity index (χ3n) is 6.88. The van der Waals surface area contributed by atoms with Crippen LogP contribution in [0, 0.1) is 11.8 Å². The lowest BCUT2D eigenvalue weighted by atomic mass is 9.79. The Morgan fingerprint density at radius 1 is 1.10 bits per heavy atom. The lowest BCUT2D eigenvalue weighted by Gasteiger charge is -2.40. The molecule has 7 nitrogen and oxygen atoms in total. The summed E-state index contributed by atoms with van der Waals surface area (Å²) < 4.78 is 0. The molecule has 2 amide bonds. The number of carbonyl (C=O) groups excluding carboxylic acids is 2. The molecule has 0 radical (unpaired) electrons. The number of fused-ring (bicyclic) bond motifs is 1. The molecule has 2 aliphatic heterocycles. The second kappa shape index (κ2) is 9.18. The molecular weight excluding hydrogens is 380 g/mol. The number of nitrogens with one attached hydrogen (secondary N) is 2. The average molecular weight is 413 g/mol. The van der Waals surface area contributed by atoms with Gasteiger partial charge in [-0.25, -0.2) is 0 Å². The van der Waals surface area contributed by atoms with Gasteiger partial charge in [0.2, 0.25) is 5.91 Å². The van der Waals surface area contributed by atoms with E-state index in [0.29, 0.717) is 24.6 Å². The summed E-state index contributed by atoms with van der Waals surface area (Å²) >= 11 is 0. The molecule has 1 aromatic carbocycles. The maximum absolute atomic E-state index is 12.9. The van der Waals surface area contributed by atoms with Crippen LogP contribution in [0.4, 0.5) is 0 Å². The molecule has 0 bridgehead atoms. The summed E-state index contributed by atoms with van der Waals surface area (Å²) in [7, 11) is 2.18. The molecule has 3 N–H and O–H groups in total. The number of H-pyrrole nitrogens is 1. The van der Waals surface area contributed by atoms with Gasteiger partial charge in [0.1, 0.15) is 6.04 Å². The summed E-state index contributed by atoms with van der Waals surface area (Å²) in [5.41, 5.74) is 1.34. The van der Waals surface area contributed by atoms with E-state index in [1.807, 2.05) is 18.3 Å². The highest BCUT2D eigenvalue weighted by molar-refractivity contribution is 6.00. The number of carbonyl (C=O) groups is 2. The smallest absolute Gasteiger partial charge is 0.252 e. The second-order valence-corrected chi connectivity index (χ2v) is 8.79. The molecule has 162 valence electrons. The van der Waals surface area contributed by atoms with Crippen LogP contribution in [0.2, 0.25) is 0 Å². The van der Waals surface area contributed by atoms with E-state index in [9.17, 15) is 14.7 Å². The molecule has 1 atom stereocenters. The lowest BCUT2D eigenvalue weighted by Crippen LogP contribution is -2.52. The summed E-state index contributed by atoms with van der Waals surface area (Å²) in [6.07, 6.45) is 6.33. The van der Waals surface area contributed by atoms with Crippen molar-refractivity contribution in [1.82, 2.24) is 20.1 Å². The number of aromatic amines is 1. The molecule has 1 aromatic heterocycles. The van der Waals surface area contributed by atoms with Gasteiger partial charge in [0, 0.05) is 30.4 Å². The number of aliphatic hydroxyl groups excluding tert-OH is 1. The fraction of sp³-hybridized carbons (Fsp3) is 0.565. The van der Waals surface area contributed by atoms with Gasteiger partial charge < -0.3 is 25.2 Å². The van der Waals surface area contributed by atoms with E-state index >= 15 is 0 Å². The Hall–Kier alpha value is -2.38. The minimum atomic E-state index is -0.906. The molecule has 30 heavy (non-hydrogen) atoms. The number of nitrogens with zero attached hydrogens (tertiary/aromatic N) is 2. The predicted octanol–water partition coefficient (Wildman–Crippen LogP) is 1.84. The van der Waals surface area contributed by atoms with Gasteiger partial charge in [-0.2, -0.15) is 0 Å². The maximum atomic E-state index is 12.9. The summed E-state index contributed by atoms with van der Waals surface area (Å²) in [4.78, 5) is 32.8. The lowest BCUT2D eigenvalue weighted by molar-refractivity contribution is -0.136. The molecule has 0 saturated carbocycles. The third kappa shape index (κ3) is 4.52. The molecule has 3 heterocycles. The number of rotatable bonds is 5. The predicted molar refractivity (Wildman–Crippen MR) is 116 cm³/mol. The Labute approximate surface area is 177 Å². The van der Waals surface area contributed by atoms with Crippen molar-refractivity contribution in [1.29, 1.82) is 0 Å². The van der Waals surface area contributed by atoms with Crippen LogP contribution in [0.3, 0.4) is 0 Å². The van der Waals surface area contributed by atoms with Gasteiger partial charge in [0.25, 0.3) is 5.91 Å². The fourth-order valence-corrected chi connectivity index (χ4v) is 4.93.